The van der Waals surface area contributed by atoms with Crippen molar-refractivity contribution < 1.29 is 32.2 Å². The Hall–Kier alpha value is -3.22. The summed E-state index contributed by atoms with van der Waals surface area (Å²) < 4.78 is 45.7. The van der Waals surface area contributed by atoms with Crippen molar-refractivity contribution in [3.05, 3.63) is 47.3 Å². The molecular weight excluding hydrogens is 518 g/mol. The first-order valence-electron chi connectivity index (χ1n) is 11.8. The van der Waals surface area contributed by atoms with Crippen LogP contribution in [0.4, 0.5) is 0 Å². The van der Waals surface area contributed by atoms with Gasteiger partial charge in [0.1, 0.15) is 18.0 Å². The topological polar surface area (TPSA) is 116 Å². The van der Waals surface area contributed by atoms with E-state index in [-0.39, 0.29) is 18.0 Å². The van der Waals surface area contributed by atoms with Gasteiger partial charge in [0.05, 0.1) is 41.9 Å². The standard InChI is InChI=1S/C25H29N3O7S2/c1-4-35-19-9-12-21-22(14-19)36-25(28(21)16-23(29)34-3)26-24(30)17-6-5-13-27(15-17)37(31,32)20-10-7-18(33-2)8-11-20/h7-12,14,17H,4-6,13,15-16H2,1-3H3. The van der Waals surface area contributed by atoms with Crippen LogP contribution in [0.2, 0.25) is 0 Å². The van der Waals surface area contributed by atoms with Crippen molar-refractivity contribution in [2.24, 2.45) is 10.9 Å². The minimum Gasteiger partial charge on any atom is -0.497 e. The number of fused-ring (bicyclic) bond motifs is 1. The molecule has 3 aromatic rings. The maximum absolute atomic E-state index is 13.3. The van der Waals surface area contributed by atoms with Gasteiger partial charge in [-0.05, 0) is 62.2 Å². The Morgan fingerprint density at radius 3 is 2.51 bits per heavy atom. The number of piperidine rings is 1. The molecule has 1 saturated heterocycles. The van der Waals surface area contributed by atoms with Crippen LogP contribution in [0, 0.1) is 5.92 Å². The maximum atomic E-state index is 13.3. The van der Waals surface area contributed by atoms with Crippen LogP contribution < -0.4 is 14.3 Å². The number of rotatable bonds is 8. The smallest absolute Gasteiger partial charge is 0.325 e. The van der Waals surface area contributed by atoms with E-state index in [1.807, 2.05) is 19.1 Å². The number of benzene rings is 2. The zero-order chi connectivity index (χ0) is 26.6. The van der Waals surface area contributed by atoms with E-state index >= 15 is 0 Å². The summed E-state index contributed by atoms with van der Waals surface area (Å²) in [5.74, 6) is -0.272. The summed E-state index contributed by atoms with van der Waals surface area (Å²) in [6.07, 6.45) is 1.06. The molecule has 0 spiro atoms. The number of amides is 1. The monoisotopic (exact) mass is 547 g/mol. The summed E-state index contributed by atoms with van der Waals surface area (Å²) >= 11 is 1.26. The van der Waals surface area contributed by atoms with Gasteiger partial charge in [0.15, 0.2) is 4.80 Å². The van der Waals surface area contributed by atoms with Gasteiger partial charge in [0, 0.05) is 13.1 Å². The summed E-state index contributed by atoms with van der Waals surface area (Å²) in [5, 5.41) is 0. The van der Waals surface area contributed by atoms with Crippen molar-refractivity contribution in [3.8, 4) is 11.5 Å². The fraction of sp³-hybridized carbons (Fsp3) is 0.400. The molecule has 198 valence electrons. The van der Waals surface area contributed by atoms with Crippen LogP contribution in [0.5, 0.6) is 11.5 Å². The number of esters is 1. The summed E-state index contributed by atoms with van der Waals surface area (Å²) in [7, 11) is -0.969. The number of carbonyl (C=O) groups is 2. The summed E-state index contributed by atoms with van der Waals surface area (Å²) in [4.78, 5) is 30.2. The van der Waals surface area contributed by atoms with Crippen LogP contribution in [-0.2, 0) is 30.9 Å². The Kier molecular flexibility index (Phi) is 8.30. The number of methoxy groups -OCH3 is 2. The fourth-order valence-electron chi connectivity index (χ4n) is 4.19. The predicted molar refractivity (Wildman–Crippen MR) is 138 cm³/mol. The largest absolute Gasteiger partial charge is 0.497 e. The van der Waals surface area contributed by atoms with E-state index < -0.39 is 27.8 Å². The Morgan fingerprint density at radius 1 is 1.11 bits per heavy atom. The average Bonchev–Trinajstić information content (AvgIpc) is 3.24. The van der Waals surface area contributed by atoms with E-state index in [1.165, 1.54) is 42.0 Å². The average molecular weight is 548 g/mol. The van der Waals surface area contributed by atoms with Crippen molar-refractivity contribution >= 4 is 43.5 Å². The fourth-order valence-corrected chi connectivity index (χ4v) is 6.77. The number of aromatic nitrogens is 1. The highest BCUT2D eigenvalue weighted by Gasteiger charge is 2.33. The van der Waals surface area contributed by atoms with Crippen molar-refractivity contribution in [3.63, 3.8) is 0 Å². The molecule has 12 heteroatoms. The van der Waals surface area contributed by atoms with E-state index in [9.17, 15) is 18.0 Å². The molecule has 0 N–H and O–H groups in total. The Bertz CT molecular complexity index is 1460. The molecule has 1 aromatic heterocycles. The van der Waals surface area contributed by atoms with E-state index in [1.54, 1.807) is 22.8 Å². The van der Waals surface area contributed by atoms with Gasteiger partial charge >= 0.3 is 5.97 Å². The lowest BCUT2D eigenvalue weighted by Gasteiger charge is -2.30. The highest BCUT2D eigenvalue weighted by Crippen LogP contribution is 2.27. The first kappa shape index (κ1) is 26.8. The minimum atomic E-state index is -3.78. The quantitative estimate of drug-likeness (QED) is 0.398. The third-order valence-corrected chi connectivity index (χ3v) is 9.04. The van der Waals surface area contributed by atoms with Gasteiger partial charge < -0.3 is 18.8 Å². The molecule has 2 aromatic carbocycles. The molecule has 1 amide bonds. The van der Waals surface area contributed by atoms with E-state index in [0.717, 1.165) is 10.2 Å². The maximum Gasteiger partial charge on any atom is 0.325 e. The Labute approximate surface area is 219 Å². The lowest BCUT2D eigenvalue weighted by Crippen LogP contribution is -2.42. The van der Waals surface area contributed by atoms with Crippen molar-refractivity contribution in [1.29, 1.82) is 0 Å². The molecule has 37 heavy (non-hydrogen) atoms. The normalized spacial score (nSPS) is 17.1. The number of thiazole rings is 1. The van der Waals surface area contributed by atoms with E-state index in [2.05, 4.69) is 4.99 Å². The second-order valence-electron chi connectivity index (χ2n) is 8.44. The van der Waals surface area contributed by atoms with Crippen molar-refractivity contribution in [1.82, 2.24) is 8.87 Å². The van der Waals surface area contributed by atoms with Gasteiger partial charge in [-0.3, -0.25) is 9.59 Å². The molecule has 0 aliphatic carbocycles. The van der Waals surface area contributed by atoms with Gasteiger partial charge in [-0.15, -0.1) is 0 Å². The van der Waals surface area contributed by atoms with Crippen LogP contribution in [-0.4, -0.2) is 63.1 Å². The van der Waals surface area contributed by atoms with Crippen LogP contribution in [0.3, 0.4) is 0 Å². The van der Waals surface area contributed by atoms with E-state index in [0.29, 0.717) is 42.3 Å². The third-order valence-electron chi connectivity index (χ3n) is 6.12. The Morgan fingerprint density at radius 2 is 1.84 bits per heavy atom. The number of carbonyl (C=O) groups excluding carboxylic acids is 2. The second-order valence-corrected chi connectivity index (χ2v) is 11.4. The molecule has 0 saturated carbocycles. The van der Waals surface area contributed by atoms with Gasteiger partial charge in [-0.2, -0.15) is 9.30 Å². The molecule has 1 unspecified atom stereocenters. The number of sulfonamides is 1. The van der Waals surface area contributed by atoms with Crippen molar-refractivity contribution in [2.75, 3.05) is 33.9 Å². The number of nitrogens with zero attached hydrogens (tertiary/aromatic N) is 3. The summed E-state index contributed by atoms with van der Waals surface area (Å²) in [6, 6.07) is 11.6. The minimum absolute atomic E-state index is 0.0348. The van der Waals surface area contributed by atoms with E-state index in [4.69, 9.17) is 14.2 Å². The van der Waals surface area contributed by atoms with Gasteiger partial charge in [0.25, 0.3) is 5.91 Å². The summed E-state index contributed by atoms with van der Waals surface area (Å²) in [5.41, 5.74) is 0.720. The first-order valence-corrected chi connectivity index (χ1v) is 14.1. The SMILES string of the molecule is CCOc1ccc2c(c1)sc(=NC(=O)C1CCCN(S(=O)(=O)c3ccc(OC)cc3)C1)n2CC(=O)OC. The van der Waals surface area contributed by atoms with Crippen LogP contribution in [0.1, 0.15) is 19.8 Å². The summed E-state index contributed by atoms with van der Waals surface area (Å²) in [6.45, 7) is 2.64. The molecule has 0 radical (unpaired) electrons. The predicted octanol–water partition coefficient (Wildman–Crippen LogP) is 2.81. The van der Waals surface area contributed by atoms with Crippen LogP contribution in [0.15, 0.2) is 52.4 Å². The number of hydrogen-bond donors (Lipinski definition) is 0. The van der Waals surface area contributed by atoms with Gasteiger partial charge in [-0.1, -0.05) is 11.3 Å². The molecular formula is C25H29N3O7S2. The molecule has 1 atom stereocenters. The Balaban J connectivity index is 1.63. The highest BCUT2D eigenvalue weighted by molar-refractivity contribution is 7.89. The third kappa shape index (κ3) is 5.86. The molecule has 1 aliphatic heterocycles. The lowest BCUT2D eigenvalue weighted by molar-refractivity contribution is -0.141. The zero-order valence-corrected chi connectivity index (χ0v) is 22.5. The molecule has 10 nitrogen and oxygen atoms in total. The van der Waals surface area contributed by atoms with Crippen LogP contribution >= 0.6 is 11.3 Å². The molecule has 1 aliphatic rings. The molecule has 2 heterocycles. The zero-order valence-electron chi connectivity index (χ0n) is 20.9. The second kappa shape index (κ2) is 11.4. The number of hydrogen-bond acceptors (Lipinski definition) is 8. The molecule has 4 rings (SSSR count). The van der Waals surface area contributed by atoms with Gasteiger partial charge in [-0.25, -0.2) is 8.42 Å². The van der Waals surface area contributed by atoms with Crippen molar-refractivity contribution in [2.45, 2.75) is 31.2 Å². The highest BCUT2D eigenvalue weighted by atomic mass is 32.2. The van der Waals surface area contributed by atoms with Gasteiger partial charge in [0.2, 0.25) is 10.0 Å². The molecule has 1 fully saturated rings. The lowest BCUT2D eigenvalue weighted by atomic mass is 9.99. The first-order chi connectivity index (χ1) is 17.8. The van der Waals surface area contributed by atoms with Crippen LogP contribution in [0.25, 0.3) is 10.2 Å². The molecule has 0 bridgehead atoms. The number of ether oxygens (including phenoxy) is 3.